The zero-order chi connectivity index (χ0) is 18.6. The maximum atomic E-state index is 12.1. The number of morpholine rings is 1. The number of nitrogens with zero attached hydrogens (tertiary/aromatic N) is 2. The first-order chi connectivity index (χ1) is 12.7. The molecule has 1 aliphatic rings. The molecule has 0 unspecified atom stereocenters. The van der Waals surface area contributed by atoms with Gasteiger partial charge in [-0.15, -0.1) is 0 Å². The fourth-order valence-corrected chi connectivity index (χ4v) is 2.96. The molecular weight excluding hydrogens is 398 g/mol. The van der Waals surface area contributed by atoms with E-state index in [9.17, 15) is 4.79 Å². The van der Waals surface area contributed by atoms with E-state index in [0.717, 1.165) is 56.4 Å². The van der Waals surface area contributed by atoms with Crippen molar-refractivity contribution in [1.29, 1.82) is 0 Å². The van der Waals surface area contributed by atoms with Gasteiger partial charge in [-0.05, 0) is 25.1 Å². The third kappa shape index (κ3) is 7.72. The average molecular weight is 426 g/mol. The number of aliphatic imine (C=N–C) groups is 1. The molecule has 1 amide bonds. The average Bonchev–Trinajstić information content (AvgIpc) is 2.66. The SMILES string of the molecule is CCNC(=NCCN1CCOCC1)NCCNC(=O)c1cccc(Br)c1. The van der Waals surface area contributed by atoms with Gasteiger partial charge < -0.3 is 20.7 Å². The predicted octanol–water partition coefficient (Wildman–Crippen LogP) is 1.07. The molecule has 0 atom stereocenters. The van der Waals surface area contributed by atoms with Crippen LogP contribution in [0.25, 0.3) is 0 Å². The number of carbonyl (C=O) groups is 1. The number of carbonyl (C=O) groups excluding carboxylic acids is 1. The van der Waals surface area contributed by atoms with Gasteiger partial charge in [-0.2, -0.15) is 0 Å². The highest BCUT2D eigenvalue weighted by Gasteiger charge is 2.09. The van der Waals surface area contributed by atoms with Gasteiger partial charge in [0.2, 0.25) is 0 Å². The summed E-state index contributed by atoms with van der Waals surface area (Å²) >= 11 is 3.37. The van der Waals surface area contributed by atoms with Gasteiger partial charge in [-0.1, -0.05) is 22.0 Å². The monoisotopic (exact) mass is 425 g/mol. The molecule has 1 aliphatic heterocycles. The Labute approximate surface area is 163 Å². The highest BCUT2D eigenvalue weighted by atomic mass is 79.9. The number of guanidine groups is 1. The number of nitrogens with one attached hydrogen (secondary N) is 3. The van der Waals surface area contributed by atoms with E-state index >= 15 is 0 Å². The van der Waals surface area contributed by atoms with E-state index in [1.165, 1.54) is 0 Å². The lowest BCUT2D eigenvalue weighted by molar-refractivity contribution is 0.0394. The lowest BCUT2D eigenvalue weighted by Crippen LogP contribution is -2.42. The number of amides is 1. The van der Waals surface area contributed by atoms with Crippen molar-refractivity contribution >= 4 is 27.8 Å². The molecule has 0 radical (unpaired) electrons. The molecule has 0 bridgehead atoms. The van der Waals surface area contributed by atoms with E-state index in [2.05, 4.69) is 41.8 Å². The zero-order valence-electron chi connectivity index (χ0n) is 15.3. The van der Waals surface area contributed by atoms with Crippen molar-refractivity contribution in [3.8, 4) is 0 Å². The summed E-state index contributed by atoms with van der Waals surface area (Å²) < 4.78 is 6.24. The topological polar surface area (TPSA) is 78.0 Å². The molecule has 1 aromatic rings. The highest BCUT2D eigenvalue weighted by molar-refractivity contribution is 9.10. The molecule has 0 aromatic heterocycles. The number of halogens is 1. The van der Waals surface area contributed by atoms with Crippen LogP contribution in [0.3, 0.4) is 0 Å². The van der Waals surface area contributed by atoms with Crippen molar-refractivity contribution in [2.45, 2.75) is 6.92 Å². The summed E-state index contributed by atoms with van der Waals surface area (Å²) in [6.07, 6.45) is 0. The van der Waals surface area contributed by atoms with Crippen LogP contribution >= 0.6 is 15.9 Å². The minimum absolute atomic E-state index is 0.0812. The Morgan fingerprint density at radius 3 is 2.73 bits per heavy atom. The third-order valence-corrected chi connectivity index (χ3v) is 4.42. The molecule has 2 rings (SSSR count). The Morgan fingerprint density at radius 2 is 2.00 bits per heavy atom. The number of rotatable bonds is 8. The van der Waals surface area contributed by atoms with Gasteiger partial charge in [0, 0.05) is 49.3 Å². The third-order valence-electron chi connectivity index (χ3n) is 3.92. The number of hydrogen-bond donors (Lipinski definition) is 3. The van der Waals surface area contributed by atoms with E-state index in [1.807, 2.05) is 19.1 Å². The fraction of sp³-hybridized carbons (Fsp3) is 0.556. The molecule has 8 heteroatoms. The summed E-state index contributed by atoms with van der Waals surface area (Å²) in [7, 11) is 0. The Morgan fingerprint density at radius 1 is 1.23 bits per heavy atom. The van der Waals surface area contributed by atoms with Gasteiger partial charge in [0.1, 0.15) is 0 Å². The Kier molecular flexibility index (Phi) is 9.44. The van der Waals surface area contributed by atoms with Gasteiger partial charge >= 0.3 is 0 Å². The molecule has 3 N–H and O–H groups in total. The predicted molar refractivity (Wildman–Crippen MR) is 108 cm³/mol. The van der Waals surface area contributed by atoms with Crippen LogP contribution < -0.4 is 16.0 Å². The van der Waals surface area contributed by atoms with Crippen LogP contribution in [-0.2, 0) is 4.74 Å². The van der Waals surface area contributed by atoms with E-state index in [1.54, 1.807) is 12.1 Å². The van der Waals surface area contributed by atoms with Gasteiger partial charge in [-0.25, -0.2) is 0 Å². The molecule has 1 fully saturated rings. The Balaban J connectivity index is 1.68. The van der Waals surface area contributed by atoms with Crippen molar-refractivity contribution in [2.75, 3.05) is 59.0 Å². The molecular formula is C18H28BrN5O2. The van der Waals surface area contributed by atoms with Crippen molar-refractivity contribution in [2.24, 2.45) is 4.99 Å². The summed E-state index contributed by atoms with van der Waals surface area (Å²) in [6, 6.07) is 7.35. The van der Waals surface area contributed by atoms with Crippen molar-refractivity contribution in [3.05, 3.63) is 34.3 Å². The maximum Gasteiger partial charge on any atom is 0.251 e. The van der Waals surface area contributed by atoms with Crippen LogP contribution in [0.5, 0.6) is 0 Å². The second kappa shape index (κ2) is 11.9. The number of ether oxygens (including phenoxy) is 1. The minimum atomic E-state index is -0.0812. The largest absolute Gasteiger partial charge is 0.379 e. The van der Waals surface area contributed by atoms with Crippen molar-refractivity contribution < 1.29 is 9.53 Å². The maximum absolute atomic E-state index is 12.1. The summed E-state index contributed by atoms with van der Waals surface area (Å²) in [5.41, 5.74) is 0.644. The Bertz CT molecular complexity index is 591. The number of hydrogen-bond acceptors (Lipinski definition) is 4. The molecule has 0 spiro atoms. The standard InChI is InChI=1S/C18H28BrN5O2/c1-2-20-18(23-8-9-24-10-12-26-13-11-24)22-7-6-21-17(25)15-4-3-5-16(19)14-15/h3-5,14H,2,6-13H2,1H3,(H,21,25)(H2,20,22,23). The first kappa shape index (κ1) is 20.7. The summed E-state index contributed by atoms with van der Waals surface area (Å²) in [4.78, 5) is 19.0. The van der Waals surface area contributed by atoms with Crippen LogP contribution in [0.4, 0.5) is 0 Å². The molecule has 0 saturated carbocycles. The highest BCUT2D eigenvalue weighted by Crippen LogP contribution is 2.11. The lowest BCUT2D eigenvalue weighted by Gasteiger charge is -2.25. The summed E-state index contributed by atoms with van der Waals surface area (Å²) in [6.45, 7) is 9.20. The minimum Gasteiger partial charge on any atom is -0.379 e. The van der Waals surface area contributed by atoms with Gasteiger partial charge in [0.15, 0.2) is 5.96 Å². The summed E-state index contributed by atoms with van der Waals surface area (Å²) in [5.74, 6) is 0.694. The van der Waals surface area contributed by atoms with E-state index < -0.39 is 0 Å². The lowest BCUT2D eigenvalue weighted by atomic mass is 10.2. The van der Waals surface area contributed by atoms with E-state index in [0.29, 0.717) is 18.7 Å². The quantitative estimate of drug-likeness (QED) is 0.329. The second-order valence-electron chi connectivity index (χ2n) is 5.91. The van der Waals surface area contributed by atoms with Crippen LogP contribution in [0.2, 0.25) is 0 Å². The van der Waals surface area contributed by atoms with Gasteiger partial charge in [-0.3, -0.25) is 14.7 Å². The second-order valence-corrected chi connectivity index (χ2v) is 6.82. The first-order valence-corrected chi connectivity index (χ1v) is 9.84. The summed E-state index contributed by atoms with van der Waals surface area (Å²) in [5, 5.41) is 9.38. The van der Waals surface area contributed by atoms with Crippen LogP contribution in [0.1, 0.15) is 17.3 Å². The van der Waals surface area contributed by atoms with Crippen LogP contribution in [0.15, 0.2) is 33.7 Å². The van der Waals surface area contributed by atoms with Gasteiger partial charge in [0.25, 0.3) is 5.91 Å². The van der Waals surface area contributed by atoms with Crippen LogP contribution in [-0.4, -0.2) is 75.8 Å². The smallest absolute Gasteiger partial charge is 0.251 e. The van der Waals surface area contributed by atoms with Crippen molar-refractivity contribution in [1.82, 2.24) is 20.9 Å². The molecule has 1 saturated heterocycles. The molecule has 7 nitrogen and oxygen atoms in total. The number of benzene rings is 1. The Hall–Kier alpha value is -1.64. The fourth-order valence-electron chi connectivity index (χ4n) is 2.56. The van der Waals surface area contributed by atoms with Gasteiger partial charge in [0.05, 0.1) is 19.8 Å². The molecule has 0 aliphatic carbocycles. The molecule has 1 aromatic carbocycles. The van der Waals surface area contributed by atoms with E-state index in [-0.39, 0.29) is 5.91 Å². The molecule has 1 heterocycles. The molecule has 26 heavy (non-hydrogen) atoms. The van der Waals surface area contributed by atoms with E-state index in [4.69, 9.17) is 4.74 Å². The van der Waals surface area contributed by atoms with Crippen LogP contribution in [0, 0.1) is 0 Å². The van der Waals surface area contributed by atoms with Crippen molar-refractivity contribution in [3.63, 3.8) is 0 Å². The zero-order valence-corrected chi connectivity index (χ0v) is 16.8. The normalized spacial score (nSPS) is 15.5. The first-order valence-electron chi connectivity index (χ1n) is 9.05. The molecule has 144 valence electrons.